The number of amides is 1. The van der Waals surface area contributed by atoms with Crippen LogP contribution in [0.15, 0.2) is 70.3 Å². The maximum atomic E-state index is 14.0. The number of hydrogen-bond donors (Lipinski definition) is 2. The molecule has 0 atom stereocenters. The van der Waals surface area contributed by atoms with Crippen molar-refractivity contribution in [3.05, 3.63) is 87.1 Å². The lowest BCUT2D eigenvalue weighted by Gasteiger charge is -2.25. The molecule has 0 fully saturated rings. The lowest BCUT2D eigenvalue weighted by atomic mass is 10.0. The Hall–Kier alpha value is -4.20. The van der Waals surface area contributed by atoms with Gasteiger partial charge in [-0.05, 0) is 25.0 Å². The van der Waals surface area contributed by atoms with Crippen molar-refractivity contribution in [3.63, 3.8) is 0 Å². The maximum absolute atomic E-state index is 14.0. The number of carbonyl (C=O) groups excluding carboxylic acids is 1. The molecule has 8 nitrogen and oxygen atoms in total. The Kier molecular flexibility index (Phi) is 7.10. The van der Waals surface area contributed by atoms with Gasteiger partial charge in [-0.25, -0.2) is 9.78 Å². The van der Waals surface area contributed by atoms with Gasteiger partial charge >= 0.3 is 5.69 Å². The highest BCUT2D eigenvalue weighted by atomic mass is 16.2. The van der Waals surface area contributed by atoms with E-state index in [1.807, 2.05) is 68.4 Å². The molecule has 0 bridgehead atoms. The molecule has 4 rings (SSSR count). The summed E-state index contributed by atoms with van der Waals surface area (Å²) in [5, 5.41) is 0.674. The molecule has 0 saturated heterocycles. The van der Waals surface area contributed by atoms with E-state index in [1.165, 1.54) is 9.47 Å². The normalized spacial score (nSPS) is 11.0. The van der Waals surface area contributed by atoms with E-state index < -0.39 is 11.2 Å². The third-order valence-corrected chi connectivity index (χ3v) is 5.93. The summed E-state index contributed by atoms with van der Waals surface area (Å²) in [5.74, 6) is -0.379. The molecule has 1 amide bonds. The predicted octanol–water partition coefficient (Wildman–Crippen LogP) is 4.19. The molecule has 0 aliphatic carbocycles. The van der Waals surface area contributed by atoms with Crippen LogP contribution in [0.5, 0.6) is 0 Å². The highest BCUT2D eigenvalue weighted by Crippen LogP contribution is 2.28. The number of anilines is 2. The molecule has 180 valence electrons. The molecule has 0 unspecified atom stereocenters. The van der Waals surface area contributed by atoms with Gasteiger partial charge in [-0.2, -0.15) is 0 Å². The predicted molar refractivity (Wildman–Crippen MR) is 140 cm³/mol. The van der Waals surface area contributed by atoms with E-state index in [-0.39, 0.29) is 24.0 Å². The van der Waals surface area contributed by atoms with Crippen LogP contribution in [-0.4, -0.2) is 27.0 Å². The van der Waals surface area contributed by atoms with Crippen molar-refractivity contribution in [1.29, 1.82) is 0 Å². The number of para-hydroxylation sites is 1. The third kappa shape index (κ3) is 4.73. The van der Waals surface area contributed by atoms with Gasteiger partial charge in [0.2, 0.25) is 0 Å². The number of H-pyrrole nitrogens is 1. The zero-order valence-electron chi connectivity index (χ0n) is 20.0. The quantitative estimate of drug-likeness (QED) is 0.400. The standard InChI is InChI=1S/C27H29N5O3/c1-3-5-16-32-24(28)23(25(33)30-27(32)35)31(15-4-2)26(34)20-17-22(18-11-7-6-8-12-18)29-21-14-10-9-13-19(20)21/h6-14,17H,3-5,15-16,28H2,1-2H3,(H,30,33,35). The van der Waals surface area contributed by atoms with Crippen LogP contribution in [0, 0.1) is 0 Å². The lowest BCUT2D eigenvalue weighted by molar-refractivity contribution is 0.0988. The Labute approximate surface area is 203 Å². The SMILES string of the molecule is CCCCn1c(N)c(N(CCC)C(=O)c2cc(-c3ccccc3)nc3ccccc23)c(=O)[nH]c1=O. The number of nitrogens with zero attached hydrogens (tertiary/aromatic N) is 3. The highest BCUT2D eigenvalue weighted by Gasteiger charge is 2.26. The van der Waals surface area contributed by atoms with Crippen LogP contribution >= 0.6 is 0 Å². The molecule has 2 aromatic carbocycles. The zero-order valence-corrected chi connectivity index (χ0v) is 20.0. The topological polar surface area (TPSA) is 114 Å². The minimum atomic E-state index is -0.677. The van der Waals surface area contributed by atoms with Crippen molar-refractivity contribution >= 4 is 28.3 Å². The van der Waals surface area contributed by atoms with Gasteiger partial charge in [0.1, 0.15) is 5.82 Å². The van der Waals surface area contributed by atoms with Crippen LogP contribution in [0.3, 0.4) is 0 Å². The fraction of sp³-hybridized carbons (Fsp3) is 0.259. The lowest BCUT2D eigenvalue weighted by Crippen LogP contribution is -2.41. The van der Waals surface area contributed by atoms with Gasteiger partial charge in [0, 0.05) is 24.0 Å². The summed E-state index contributed by atoms with van der Waals surface area (Å²) in [6.07, 6.45) is 2.16. The first-order chi connectivity index (χ1) is 17.0. The molecule has 35 heavy (non-hydrogen) atoms. The van der Waals surface area contributed by atoms with Gasteiger partial charge in [-0.3, -0.25) is 19.1 Å². The number of rotatable bonds is 8. The fourth-order valence-electron chi connectivity index (χ4n) is 4.17. The molecular formula is C27H29N5O3. The van der Waals surface area contributed by atoms with Gasteiger partial charge in [0.05, 0.1) is 16.8 Å². The van der Waals surface area contributed by atoms with Crippen molar-refractivity contribution in [1.82, 2.24) is 14.5 Å². The number of aromatic amines is 1. The Morgan fingerprint density at radius 3 is 2.46 bits per heavy atom. The summed E-state index contributed by atoms with van der Waals surface area (Å²) in [6, 6.07) is 18.8. The highest BCUT2D eigenvalue weighted by molar-refractivity contribution is 6.14. The van der Waals surface area contributed by atoms with Crippen molar-refractivity contribution in [2.24, 2.45) is 0 Å². The molecule has 0 aliphatic rings. The van der Waals surface area contributed by atoms with Gasteiger partial charge in [-0.15, -0.1) is 0 Å². The van der Waals surface area contributed by atoms with Crippen LogP contribution in [0.25, 0.3) is 22.2 Å². The molecule has 0 spiro atoms. The molecule has 0 aliphatic heterocycles. The van der Waals surface area contributed by atoms with Crippen molar-refractivity contribution in [3.8, 4) is 11.3 Å². The number of nitrogens with one attached hydrogen (secondary N) is 1. The molecule has 4 aromatic rings. The number of nitrogens with two attached hydrogens (primary N) is 1. The Balaban J connectivity index is 1.91. The maximum Gasteiger partial charge on any atom is 0.330 e. The molecule has 2 aromatic heterocycles. The number of aromatic nitrogens is 3. The van der Waals surface area contributed by atoms with E-state index in [2.05, 4.69) is 4.98 Å². The van der Waals surface area contributed by atoms with Crippen molar-refractivity contribution in [2.75, 3.05) is 17.2 Å². The van der Waals surface area contributed by atoms with Crippen molar-refractivity contribution < 1.29 is 4.79 Å². The average Bonchev–Trinajstić information content (AvgIpc) is 2.87. The van der Waals surface area contributed by atoms with E-state index in [4.69, 9.17) is 10.7 Å². The summed E-state index contributed by atoms with van der Waals surface area (Å²) >= 11 is 0. The van der Waals surface area contributed by atoms with Crippen LogP contribution in [0.1, 0.15) is 43.5 Å². The first-order valence-corrected chi connectivity index (χ1v) is 11.9. The Bertz CT molecular complexity index is 1470. The smallest absolute Gasteiger partial charge is 0.330 e. The van der Waals surface area contributed by atoms with E-state index in [0.29, 0.717) is 41.5 Å². The second kappa shape index (κ2) is 10.4. The first-order valence-electron chi connectivity index (χ1n) is 11.9. The molecule has 3 N–H and O–H groups in total. The van der Waals surface area contributed by atoms with Crippen LogP contribution in [0.4, 0.5) is 11.5 Å². The number of carbonyl (C=O) groups is 1. The van der Waals surface area contributed by atoms with E-state index in [9.17, 15) is 14.4 Å². The van der Waals surface area contributed by atoms with Crippen molar-refractivity contribution in [2.45, 2.75) is 39.7 Å². The number of nitrogen functional groups attached to an aromatic ring is 1. The number of unbranched alkanes of at least 4 members (excludes halogenated alkanes) is 1. The van der Waals surface area contributed by atoms with Gasteiger partial charge < -0.3 is 10.6 Å². The molecule has 0 saturated carbocycles. The number of fused-ring (bicyclic) bond motifs is 1. The van der Waals surface area contributed by atoms with E-state index >= 15 is 0 Å². The second-order valence-electron chi connectivity index (χ2n) is 8.39. The van der Waals surface area contributed by atoms with Gasteiger partial charge in [0.15, 0.2) is 5.69 Å². The molecule has 0 radical (unpaired) electrons. The minimum absolute atomic E-state index is 0.00403. The van der Waals surface area contributed by atoms with E-state index in [0.717, 1.165) is 12.0 Å². The van der Waals surface area contributed by atoms with Crippen LogP contribution < -0.4 is 21.9 Å². The van der Waals surface area contributed by atoms with Gasteiger partial charge in [-0.1, -0.05) is 68.8 Å². The summed E-state index contributed by atoms with van der Waals surface area (Å²) in [4.78, 5) is 47.9. The zero-order chi connectivity index (χ0) is 24.9. The number of pyridine rings is 1. The van der Waals surface area contributed by atoms with Gasteiger partial charge in [0.25, 0.3) is 11.5 Å². The second-order valence-corrected chi connectivity index (χ2v) is 8.39. The third-order valence-electron chi connectivity index (χ3n) is 5.93. The van der Waals surface area contributed by atoms with Crippen LogP contribution in [-0.2, 0) is 6.54 Å². The monoisotopic (exact) mass is 471 g/mol. The first kappa shape index (κ1) is 23.9. The summed E-state index contributed by atoms with van der Waals surface area (Å²) in [5.41, 5.74) is 7.69. The molecule has 8 heteroatoms. The van der Waals surface area contributed by atoms with Crippen LogP contribution in [0.2, 0.25) is 0 Å². The molecular weight excluding hydrogens is 442 g/mol. The average molecular weight is 472 g/mol. The fourth-order valence-corrected chi connectivity index (χ4v) is 4.17. The molecule has 2 heterocycles. The number of benzene rings is 2. The Morgan fingerprint density at radius 2 is 1.74 bits per heavy atom. The Morgan fingerprint density at radius 1 is 1.03 bits per heavy atom. The minimum Gasteiger partial charge on any atom is -0.383 e. The summed E-state index contributed by atoms with van der Waals surface area (Å²) in [6.45, 7) is 4.53. The number of hydrogen-bond acceptors (Lipinski definition) is 5. The summed E-state index contributed by atoms with van der Waals surface area (Å²) in [7, 11) is 0. The summed E-state index contributed by atoms with van der Waals surface area (Å²) < 4.78 is 1.33. The van der Waals surface area contributed by atoms with E-state index in [1.54, 1.807) is 6.07 Å². The largest absolute Gasteiger partial charge is 0.383 e.